The summed E-state index contributed by atoms with van der Waals surface area (Å²) in [6.07, 6.45) is 0. The first kappa shape index (κ1) is 11.3. The van der Waals surface area contributed by atoms with Gasteiger partial charge in [-0.05, 0) is 39.0 Å². The van der Waals surface area contributed by atoms with Crippen molar-refractivity contribution >= 4 is 26.8 Å². The van der Waals surface area contributed by atoms with Crippen LogP contribution in [0.2, 0.25) is 0 Å². The molecule has 0 saturated heterocycles. The number of hydrogen-bond donors (Lipinski definition) is 1. The van der Waals surface area contributed by atoms with Gasteiger partial charge in [-0.1, -0.05) is 20.8 Å². The van der Waals surface area contributed by atoms with Crippen LogP contribution in [0.1, 0.15) is 26.3 Å². The number of aromatic amines is 1. The average Bonchev–Trinajstić information content (AvgIpc) is 2.15. The molecule has 0 bridgehead atoms. The second-order valence-corrected chi connectivity index (χ2v) is 5.73. The topological polar surface area (TPSA) is 45.8 Å². The van der Waals surface area contributed by atoms with E-state index in [1.54, 1.807) is 6.07 Å². The number of fused-ring (bicyclic) bond motifs is 1. The fraction of sp³-hybridized carbons (Fsp3) is 0.333. The lowest BCUT2D eigenvalue weighted by molar-refractivity contribution is 0.590. The molecule has 0 radical (unpaired) electrons. The molecule has 0 fully saturated rings. The summed E-state index contributed by atoms with van der Waals surface area (Å²) in [6.45, 7) is 6.42. The molecule has 3 nitrogen and oxygen atoms in total. The highest BCUT2D eigenvalue weighted by molar-refractivity contribution is 9.10. The number of nitrogens with zero attached hydrogens (tertiary/aromatic N) is 1. The predicted octanol–water partition coefficient (Wildman–Crippen LogP) is 2.98. The van der Waals surface area contributed by atoms with E-state index in [9.17, 15) is 4.79 Å². The highest BCUT2D eigenvalue weighted by Crippen LogP contribution is 2.29. The Balaban J connectivity index is 2.80. The van der Waals surface area contributed by atoms with Gasteiger partial charge in [-0.3, -0.25) is 4.79 Å². The molecule has 4 heteroatoms. The number of halogens is 1. The van der Waals surface area contributed by atoms with Crippen molar-refractivity contribution in [2.45, 2.75) is 26.2 Å². The highest BCUT2D eigenvalue weighted by atomic mass is 79.9. The summed E-state index contributed by atoms with van der Waals surface area (Å²) >= 11 is 3.48. The minimum absolute atomic E-state index is 0.0549. The van der Waals surface area contributed by atoms with Gasteiger partial charge < -0.3 is 0 Å². The van der Waals surface area contributed by atoms with Crippen molar-refractivity contribution in [2.75, 3.05) is 0 Å². The maximum absolute atomic E-state index is 11.2. The van der Waals surface area contributed by atoms with Crippen LogP contribution in [0.25, 0.3) is 10.9 Å². The summed E-state index contributed by atoms with van der Waals surface area (Å²) in [5, 5.41) is 7.32. The molecule has 0 atom stereocenters. The Labute approximate surface area is 102 Å². The lowest BCUT2D eigenvalue weighted by atomic mass is 9.86. The van der Waals surface area contributed by atoms with Crippen molar-refractivity contribution in [1.82, 2.24) is 10.2 Å². The molecule has 0 spiro atoms. The van der Waals surface area contributed by atoms with Gasteiger partial charge in [-0.15, -0.1) is 0 Å². The van der Waals surface area contributed by atoms with Gasteiger partial charge >= 0.3 is 0 Å². The number of H-pyrrole nitrogens is 1. The van der Waals surface area contributed by atoms with Crippen LogP contribution in [0.5, 0.6) is 0 Å². The van der Waals surface area contributed by atoms with E-state index >= 15 is 0 Å². The van der Waals surface area contributed by atoms with Crippen LogP contribution >= 0.6 is 15.9 Å². The van der Waals surface area contributed by atoms with E-state index in [2.05, 4.69) is 46.9 Å². The Morgan fingerprint density at radius 1 is 1.25 bits per heavy atom. The molecule has 0 aliphatic carbocycles. The molecule has 1 N–H and O–H groups in total. The smallest absolute Gasteiger partial charge is 0.264 e. The predicted molar refractivity (Wildman–Crippen MR) is 68.8 cm³/mol. The van der Waals surface area contributed by atoms with Gasteiger partial charge in [0.1, 0.15) is 5.52 Å². The Bertz CT molecular complexity index is 596. The molecule has 1 heterocycles. The maximum Gasteiger partial charge on any atom is 0.264 e. The van der Waals surface area contributed by atoms with Crippen molar-refractivity contribution in [2.24, 2.45) is 0 Å². The number of hydrogen-bond acceptors (Lipinski definition) is 2. The first-order valence-corrected chi connectivity index (χ1v) is 5.87. The molecule has 0 aliphatic heterocycles. The fourth-order valence-electron chi connectivity index (χ4n) is 1.57. The number of rotatable bonds is 0. The Morgan fingerprint density at radius 2 is 1.94 bits per heavy atom. The molecule has 1 aromatic heterocycles. The normalized spacial score (nSPS) is 12.0. The highest BCUT2D eigenvalue weighted by Gasteiger charge is 2.16. The SMILES string of the molecule is CC(C)(C)c1cc(Br)c2n[nH]c(=O)cc2c1. The first-order valence-electron chi connectivity index (χ1n) is 5.07. The van der Waals surface area contributed by atoms with Crippen molar-refractivity contribution in [3.05, 3.63) is 38.6 Å². The molecular weight excluding hydrogens is 268 g/mol. The molecule has 0 saturated carbocycles. The van der Waals surface area contributed by atoms with Crippen LogP contribution in [0.3, 0.4) is 0 Å². The second kappa shape index (κ2) is 3.70. The van der Waals surface area contributed by atoms with Gasteiger partial charge in [0.05, 0.1) is 0 Å². The molecule has 84 valence electrons. The van der Waals surface area contributed by atoms with Gasteiger partial charge in [-0.25, -0.2) is 5.10 Å². The van der Waals surface area contributed by atoms with Crippen LogP contribution in [-0.2, 0) is 5.41 Å². The standard InChI is InChI=1S/C12H13BrN2O/c1-12(2,3)8-4-7-5-10(16)14-15-11(7)9(13)6-8/h4-6H,1-3H3,(H,14,16). The minimum atomic E-state index is -0.176. The molecule has 2 aromatic rings. The van der Waals surface area contributed by atoms with Crippen LogP contribution in [0.15, 0.2) is 27.5 Å². The first-order chi connectivity index (χ1) is 7.38. The fourth-order valence-corrected chi connectivity index (χ4v) is 2.13. The maximum atomic E-state index is 11.2. The zero-order valence-corrected chi connectivity index (χ0v) is 11.1. The Hall–Kier alpha value is -1.16. The van der Waals surface area contributed by atoms with Crippen LogP contribution in [0, 0.1) is 0 Å². The lowest BCUT2D eigenvalue weighted by Crippen LogP contribution is -2.12. The number of nitrogens with one attached hydrogen (secondary N) is 1. The van der Waals surface area contributed by atoms with Gasteiger partial charge in [-0.2, -0.15) is 5.10 Å². The summed E-state index contributed by atoms with van der Waals surface area (Å²) in [5.41, 5.74) is 1.84. The lowest BCUT2D eigenvalue weighted by Gasteiger charge is -2.19. The van der Waals surface area contributed by atoms with Crippen molar-refractivity contribution < 1.29 is 0 Å². The van der Waals surface area contributed by atoms with E-state index in [-0.39, 0.29) is 11.0 Å². The summed E-state index contributed by atoms with van der Waals surface area (Å²) < 4.78 is 0.908. The third kappa shape index (κ3) is 2.02. The van der Waals surface area contributed by atoms with Crippen molar-refractivity contribution in [1.29, 1.82) is 0 Å². The Kier molecular flexibility index (Phi) is 2.62. The zero-order valence-electron chi connectivity index (χ0n) is 9.47. The third-order valence-electron chi connectivity index (χ3n) is 2.52. The summed E-state index contributed by atoms with van der Waals surface area (Å²) in [5.74, 6) is 0. The van der Waals surface area contributed by atoms with Gasteiger partial charge in [0.25, 0.3) is 5.56 Å². The van der Waals surface area contributed by atoms with E-state index in [0.29, 0.717) is 0 Å². The van der Waals surface area contributed by atoms with Gasteiger partial charge in [0, 0.05) is 15.9 Å². The molecule has 0 amide bonds. The second-order valence-electron chi connectivity index (χ2n) is 4.88. The van der Waals surface area contributed by atoms with E-state index < -0.39 is 0 Å². The molecule has 2 rings (SSSR count). The number of aromatic nitrogens is 2. The zero-order chi connectivity index (χ0) is 11.9. The quantitative estimate of drug-likeness (QED) is 0.806. The average molecular weight is 281 g/mol. The summed E-state index contributed by atoms with van der Waals surface area (Å²) in [6, 6.07) is 5.64. The van der Waals surface area contributed by atoms with Crippen molar-refractivity contribution in [3.63, 3.8) is 0 Å². The largest absolute Gasteiger partial charge is 0.268 e. The minimum Gasteiger partial charge on any atom is -0.268 e. The van der Waals surface area contributed by atoms with E-state index in [1.165, 1.54) is 5.56 Å². The molecule has 1 aromatic carbocycles. The van der Waals surface area contributed by atoms with Gasteiger partial charge in [0.2, 0.25) is 0 Å². The monoisotopic (exact) mass is 280 g/mol. The van der Waals surface area contributed by atoms with Crippen LogP contribution in [-0.4, -0.2) is 10.2 Å². The van der Waals surface area contributed by atoms with Crippen molar-refractivity contribution in [3.8, 4) is 0 Å². The van der Waals surface area contributed by atoms with E-state index in [1.807, 2.05) is 12.1 Å². The number of benzene rings is 1. The van der Waals surface area contributed by atoms with Gasteiger partial charge in [0.15, 0.2) is 0 Å². The third-order valence-corrected chi connectivity index (χ3v) is 3.13. The molecule has 16 heavy (non-hydrogen) atoms. The summed E-state index contributed by atoms with van der Waals surface area (Å²) in [7, 11) is 0. The summed E-state index contributed by atoms with van der Waals surface area (Å²) in [4.78, 5) is 11.2. The Morgan fingerprint density at radius 3 is 2.56 bits per heavy atom. The molecule has 0 unspecified atom stereocenters. The van der Waals surface area contributed by atoms with Crippen LogP contribution in [0.4, 0.5) is 0 Å². The van der Waals surface area contributed by atoms with E-state index in [4.69, 9.17) is 0 Å². The molecular formula is C12H13BrN2O. The van der Waals surface area contributed by atoms with E-state index in [0.717, 1.165) is 15.4 Å². The molecule has 0 aliphatic rings. The van der Waals surface area contributed by atoms with Crippen LogP contribution < -0.4 is 5.56 Å².